The molecule has 1 atom stereocenters. The highest BCUT2D eigenvalue weighted by molar-refractivity contribution is 5.95. The van der Waals surface area contributed by atoms with Crippen molar-refractivity contribution in [1.29, 1.82) is 0 Å². The Bertz CT molecular complexity index is 544. The normalized spacial score (nSPS) is 11.7. The van der Waals surface area contributed by atoms with Crippen LogP contribution in [0.25, 0.3) is 0 Å². The highest BCUT2D eigenvalue weighted by Crippen LogP contribution is 2.16. The molecule has 1 N–H and O–H groups in total. The maximum absolute atomic E-state index is 12.4. The van der Waals surface area contributed by atoms with Gasteiger partial charge in [-0.2, -0.15) is 0 Å². The van der Waals surface area contributed by atoms with Gasteiger partial charge in [0.2, 0.25) is 0 Å². The van der Waals surface area contributed by atoms with Crippen molar-refractivity contribution < 1.29 is 19.6 Å². The van der Waals surface area contributed by atoms with E-state index in [1.807, 2.05) is 6.92 Å². The average molecular weight is 294 g/mol. The van der Waals surface area contributed by atoms with E-state index in [2.05, 4.69) is 0 Å². The molecule has 114 valence electrons. The Morgan fingerprint density at radius 3 is 2.62 bits per heavy atom. The standard InChI is InChI=1S/C14H18N2O5/c1-3-7-15(9-10(2)14(18)19)13(17)11-5-4-6-12(8-11)16(20)21/h4-6,8,10H,3,7,9H2,1-2H3,(H,18,19). The lowest BCUT2D eigenvalue weighted by molar-refractivity contribution is -0.384. The molecule has 0 saturated carbocycles. The van der Waals surface area contributed by atoms with Crippen molar-refractivity contribution in [2.45, 2.75) is 20.3 Å². The first kappa shape index (κ1) is 16.6. The Labute approximate surface area is 122 Å². The molecule has 0 spiro atoms. The lowest BCUT2D eigenvalue weighted by atomic mass is 10.1. The number of aliphatic carboxylic acids is 1. The van der Waals surface area contributed by atoms with Crippen molar-refractivity contribution in [3.05, 3.63) is 39.9 Å². The van der Waals surface area contributed by atoms with Crippen molar-refractivity contribution in [2.75, 3.05) is 13.1 Å². The minimum Gasteiger partial charge on any atom is -0.481 e. The maximum atomic E-state index is 12.4. The molecule has 1 aromatic rings. The molecule has 0 aromatic heterocycles. The third-order valence-electron chi connectivity index (χ3n) is 3.00. The predicted octanol–water partition coefficient (Wildman–Crippen LogP) is 2.17. The zero-order valence-corrected chi connectivity index (χ0v) is 12.0. The summed E-state index contributed by atoms with van der Waals surface area (Å²) in [5, 5.41) is 19.7. The SMILES string of the molecule is CCCN(CC(C)C(=O)O)C(=O)c1cccc([N+](=O)[O-])c1. The molecule has 1 rings (SSSR count). The molecule has 21 heavy (non-hydrogen) atoms. The van der Waals surface area contributed by atoms with Crippen LogP contribution in [-0.2, 0) is 4.79 Å². The quantitative estimate of drug-likeness (QED) is 0.613. The summed E-state index contributed by atoms with van der Waals surface area (Å²) in [4.78, 5) is 34.9. The molecular formula is C14H18N2O5. The third kappa shape index (κ3) is 4.55. The largest absolute Gasteiger partial charge is 0.481 e. The molecular weight excluding hydrogens is 276 g/mol. The van der Waals surface area contributed by atoms with Crippen molar-refractivity contribution in [1.82, 2.24) is 4.90 Å². The van der Waals surface area contributed by atoms with E-state index in [1.165, 1.54) is 36.1 Å². The van der Waals surface area contributed by atoms with E-state index in [0.29, 0.717) is 13.0 Å². The molecule has 0 heterocycles. The van der Waals surface area contributed by atoms with Gasteiger partial charge in [0.25, 0.3) is 11.6 Å². The number of benzene rings is 1. The van der Waals surface area contributed by atoms with Gasteiger partial charge in [0.1, 0.15) is 0 Å². The molecule has 1 aromatic carbocycles. The van der Waals surface area contributed by atoms with Gasteiger partial charge < -0.3 is 10.0 Å². The van der Waals surface area contributed by atoms with Crippen LogP contribution in [0.2, 0.25) is 0 Å². The second-order valence-electron chi connectivity index (χ2n) is 4.80. The molecule has 0 saturated heterocycles. The zero-order valence-electron chi connectivity index (χ0n) is 12.0. The molecule has 7 nitrogen and oxygen atoms in total. The van der Waals surface area contributed by atoms with Crippen LogP contribution in [0.5, 0.6) is 0 Å². The summed E-state index contributed by atoms with van der Waals surface area (Å²) in [6.45, 7) is 3.87. The van der Waals surface area contributed by atoms with Gasteiger partial charge in [-0.05, 0) is 12.5 Å². The molecule has 1 amide bonds. The number of non-ortho nitro benzene ring substituents is 1. The predicted molar refractivity (Wildman–Crippen MR) is 76.1 cm³/mol. The van der Waals surface area contributed by atoms with Gasteiger partial charge in [0.05, 0.1) is 10.8 Å². The Hall–Kier alpha value is -2.44. The second kappa shape index (κ2) is 7.37. The highest BCUT2D eigenvalue weighted by Gasteiger charge is 2.22. The zero-order chi connectivity index (χ0) is 16.0. The summed E-state index contributed by atoms with van der Waals surface area (Å²) < 4.78 is 0. The van der Waals surface area contributed by atoms with Gasteiger partial charge in [-0.15, -0.1) is 0 Å². The molecule has 0 bridgehead atoms. The lowest BCUT2D eigenvalue weighted by Gasteiger charge is -2.24. The van der Waals surface area contributed by atoms with Gasteiger partial charge in [0.15, 0.2) is 0 Å². The minimum absolute atomic E-state index is 0.0741. The Morgan fingerprint density at radius 2 is 2.10 bits per heavy atom. The molecule has 7 heteroatoms. The summed E-state index contributed by atoms with van der Waals surface area (Å²) in [6.07, 6.45) is 0.674. The Morgan fingerprint density at radius 1 is 1.43 bits per heavy atom. The number of hydrogen-bond donors (Lipinski definition) is 1. The summed E-state index contributed by atoms with van der Waals surface area (Å²) >= 11 is 0. The number of rotatable bonds is 7. The van der Waals surface area contributed by atoms with Crippen LogP contribution in [0.15, 0.2) is 24.3 Å². The van der Waals surface area contributed by atoms with E-state index in [4.69, 9.17) is 5.11 Å². The monoisotopic (exact) mass is 294 g/mol. The summed E-state index contributed by atoms with van der Waals surface area (Å²) in [5.41, 5.74) is 0.0267. The number of nitro groups is 1. The first-order valence-corrected chi connectivity index (χ1v) is 6.63. The number of carbonyl (C=O) groups excluding carboxylic acids is 1. The van der Waals surface area contributed by atoms with E-state index in [-0.39, 0.29) is 17.8 Å². The minimum atomic E-state index is -0.983. The van der Waals surface area contributed by atoms with Crippen LogP contribution in [-0.4, -0.2) is 39.9 Å². The van der Waals surface area contributed by atoms with Crippen molar-refractivity contribution in [3.8, 4) is 0 Å². The fourth-order valence-electron chi connectivity index (χ4n) is 1.89. The van der Waals surface area contributed by atoms with Crippen molar-refractivity contribution in [3.63, 3.8) is 0 Å². The first-order valence-electron chi connectivity index (χ1n) is 6.63. The van der Waals surface area contributed by atoms with E-state index in [0.717, 1.165) is 0 Å². The smallest absolute Gasteiger partial charge is 0.308 e. The fraction of sp³-hybridized carbons (Fsp3) is 0.429. The van der Waals surface area contributed by atoms with Gasteiger partial charge >= 0.3 is 5.97 Å². The maximum Gasteiger partial charge on any atom is 0.308 e. The van der Waals surface area contributed by atoms with Crippen LogP contribution in [0, 0.1) is 16.0 Å². The second-order valence-corrected chi connectivity index (χ2v) is 4.80. The van der Waals surface area contributed by atoms with E-state index < -0.39 is 22.7 Å². The average Bonchev–Trinajstić information content (AvgIpc) is 2.45. The van der Waals surface area contributed by atoms with Gasteiger partial charge in [-0.3, -0.25) is 19.7 Å². The third-order valence-corrected chi connectivity index (χ3v) is 3.00. The number of nitro benzene ring substituents is 1. The first-order chi connectivity index (χ1) is 9.86. The van der Waals surface area contributed by atoms with Gasteiger partial charge in [-0.1, -0.05) is 19.9 Å². The lowest BCUT2D eigenvalue weighted by Crippen LogP contribution is -2.37. The summed E-state index contributed by atoms with van der Waals surface area (Å²) in [5.74, 6) is -2.07. The Balaban J connectivity index is 2.97. The van der Waals surface area contributed by atoms with Crippen LogP contribution >= 0.6 is 0 Å². The van der Waals surface area contributed by atoms with Crippen LogP contribution < -0.4 is 0 Å². The highest BCUT2D eigenvalue weighted by atomic mass is 16.6. The number of carboxylic acid groups (broad SMARTS) is 1. The van der Waals surface area contributed by atoms with E-state index in [9.17, 15) is 19.7 Å². The van der Waals surface area contributed by atoms with Crippen LogP contribution in [0.1, 0.15) is 30.6 Å². The fourth-order valence-corrected chi connectivity index (χ4v) is 1.89. The Kier molecular flexibility index (Phi) is 5.83. The molecule has 0 aliphatic rings. The summed E-state index contributed by atoms with van der Waals surface area (Å²) in [6, 6.07) is 5.44. The molecule has 1 unspecified atom stereocenters. The topological polar surface area (TPSA) is 101 Å². The van der Waals surface area contributed by atoms with Crippen molar-refractivity contribution in [2.24, 2.45) is 5.92 Å². The van der Waals surface area contributed by atoms with Gasteiger partial charge in [0, 0.05) is 30.8 Å². The van der Waals surface area contributed by atoms with E-state index >= 15 is 0 Å². The molecule has 0 aliphatic heterocycles. The molecule has 0 radical (unpaired) electrons. The van der Waals surface area contributed by atoms with Gasteiger partial charge in [-0.25, -0.2) is 0 Å². The number of nitrogens with zero attached hydrogens (tertiary/aromatic N) is 2. The van der Waals surface area contributed by atoms with Crippen molar-refractivity contribution >= 4 is 17.6 Å². The van der Waals surface area contributed by atoms with Crippen LogP contribution in [0.3, 0.4) is 0 Å². The number of hydrogen-bond acceptors (Lipinski definition) is 4. The van der Waals surface area contributed by atoms with E-state index in [1.54, 1.807) is 0 Å². The number of carbonyl (C=O) groups is 2. The number of amides is 1. The molecule has 0 aliphatic carbocycles. The molecule has 0 fully saturated rings. The van der Waals surface area contributed by atoms with Crippen LogP contribution in [0.4, 0.5) is 5.69 Å². The summed E-state index contributed by atoms with van der Waals surface area (Å²) in [7, 11) is 0. The number of carboxylic acids is 1.